The van der Waals surface area contributed by atoms with Crippen LogP contribution < -0.4 is 0 Å². The zero-order valence-electron chi connectivity index (χ0n) is 11.3. The Bertz CT molecular complexity index is 689. The minimum atomic E-state index is -4.75. The van der Waals surface area contributed by atoms with E-state index in [1.54, 1.807) is 0 Å². The molecular formula is C13H13F2NO5S. The maximum atomic E-state index is 12.9. The maximum Gasteiger partial charge on any atom is 0.331 e. The van der Waals surface area contributed by atoms with Gasteiger partial charge in [0.1, 0.15) is 5.82 Å². The number of hydrogen-bond acceptors (Lipinski definition) is 4. The number of carbonyl (C=O) groups is 2. The maximum absolute atomic E-state index is 12.9. The summed E-state index contributed by atoms with van der Waals surface area (Å²) >= 11 is 0. The second kappa shape index (κ2) is 5.99. The van der Waals surface area contributed by atoms with Crippen molar-refractivity contribution in [3.63, 3.8) is 0 Å². The summed E-state index contributed by atoms with van der Waals surface area (Å²) in [4.78, 5) is 24.3. The molecule has 1 aliphatic heterocycles. The molecule has 6 nitrogen and oxygen atoms in total. The second-order valence-electron chi connectivity index (χ2n) is 5.11. The fourth-order valence-electron chi connectivity index (χ4n) is 2.55. The van der Waals surface area contributed by atoms with E-state index in [9.17, 15) is 31.4 Å². The van der Waals surface area contributed by atoms with E-state index in [0.29, 0.717) is 0 Å². The molecule has 1 heterocycles. The summed E-state index contributed by atoms with van der Waals surface area (Å²) in [5.41, 5.74) is 0.186. The van der Waals surface area contributed by atoms with Crippen molar-refractivity contribution in [1.29, 1.82) is 0 Å². The van der Waals surface area contributed by atoms with Crippen LogP contribution in [0.25, 0.3) is 0 Å². The highest BCUT2D eigenvalue weighted by atomic mass is 32.3. The highest BCUT2D eigenvalue weighted by Gasteiger charge is 2.40. The number of likely N-dealkylation sites (tertiary alicyclic amines) is 1. The summed E-state index contributed by atoms with van der Waals surface area (Å²) in [5, 5.41) is 9.31. The Morgan fingerprint density at radius 1 is 1.36 bits per heavy atom. The van der Waals surface area contributed by atoms with E-state index in [2.05, 4.69) is 0 Å². The van der Waals surface area contributed by atoms with Crippen molar-refractivity contribution in [3.8, 4) is 0 Å². The molecule has 120 valence electrons. The van der Waals surface area contributed by atoms with Gasteiger partial charge in [-0.3, -0.25) is 4.79 Å². The molecule has 0 saturated carbocycles. The summed E-state index contributed by atoms with van der Waals surface area (Å²) in [6.45, 7) is -0.184. The largest absolute Gasteiger partial charge is 0.479 e. The summed E-state index contributed by atoms with van der Waals surface area (Å²) in [6, 6.07) is 3.24. The number of carboxylic acids is 1. The van der Waals surface area contributed by atoms with Gasteiger partial charge in [0.05, 0.1) is 5.75 Å². The number of nitrogens with zero attached hydrogens (tertiary/aromatic N) is 1. The molecule has 1 fully saturated rings. The zero-order chi connectivity index (χ0) is 16.5. The van der Waals surface area contributed by atoms with E-state index in [1.807, 2.05) is 0 Å². The van der Waals surface area contributed by atoms with E-state index >= 15 is 0 Å². The summed E-state index contributed by atoms with van der Waals surface area (Å²) in [5.74, 6) is -4.09. The lowest BCUT2D eigenvalue weighted by Gasteiger charge is -2.25. The lowest BCUT2D eigenvalue weighted by molar-refractivity contribution is -0.148. The molecule has 1 aliphatic rings. The molecule has 0 aliphatic carbocycles. The van der Waals surface area contributed by atoms with E-state index in [-0.39, 0.29) is 18.5 Å². The van der Waals surface area contributed by atoms with E-state index < -0.39 is 45.6 Å². The van der Waals surface area contributed by atoms with E-state index in [1.165, 1.54) is 12.1 Å². The number of carboxylic acid groups (broad SMARTS) is 1. The number of amides is 1. The molecule has 1 saturated heterocycles. The van der Waals surface area contributed by atoms with Crippen LogP contribution in [0.4, 0.5) is 8.28 Å². The normalized spacial score (nSPS) is 20.2. The standard InChI is InChI=1S/C13H13F2NO5S/c14-10-3-1-9(2-4-10)12(13(18)19)16-6-8(5-11(16)17)7-22(15,20)21/h1-4,8,12H,5-7H2,(H,18,19)/t8?,12-/m0/s1. The molecule has 0 bridgehead atoms. The third-order valence-corrected chi connectivity index (χ3v) is 4.27. The zero-order valence-corrected chi connectivity index (χ0v) is 12.1. The van der Waals surface area contributed by atoms with Crippen LogP contribution in [0.15, 0.2) is 24.3 Å². The highest BCUT2D eigenvalue weighted by molar-refractivity contribution is 7.86. The fraction of sp³-hybridized carbons (Fsp3) is 0.385. The number of benzene rings is 1. The minimum Gasteiger partial charge on any atom is -0.479 e. The first-order valence-corrected chi connectivity index (χ1v) is 7.92. The molecule has 1 N–H and O–H groups in total. The first kappa shape index (κ1) is 16.3. The first-order chi connectivity index (χ1) is 10.2. The Balaban J connectivity index is 2.24. The Morgan fingerprint density at radius 3 is 2.45 bits per heavy atom. The Hall–Kier alpha value is -2.03. The molecule has 9 heteroatoms. The predicted molar refractivity (Wildman–Crippen MR) is 71.5 cm³/mol. The number of halogens is 2. The molecular weight excluding hydrogens is 320 g/mol. The molecule has 1 unspecified atom stereocenters. The van der Waals surface area contributed by atoms with Crippen LogP contribution in [0.1, 0.15) is 18.0 Å². The molecule has 0 spiro atoms. The van der Waals surface area contributed by atoms with Crippen LogP contribution in [0.2, 0.25) is 0 Å². The van der Waals surface area contributed by atoms with Gasteiger partial charge in [0, 0.05) is 18.9 Å². The molecule has 1 aromatic carbocycles. The first-order valence-electron chi connectivity index (χ1n) is 6.37. The van der Waals surface area contributed by atoms with Crippen molar-refractivity contribution in [2.45, 2.75) is 12.5 Å². The summed E-state index contributed by atoms with van der Waals surface area (Å²) in [6.07, 6.45) is -0.242. The van der Waals surface area contributed by atoms with Gasteiger partial charge in [0.15, 0.2) is 6.04 Å². The summed E-state index contributed by atoms with van der Waals surface area (Å²) < 4.78 is 46.9. The van der Waals surface area contributed by atoms with Crippen LogP contribution in [0, 0.1) is 11.7 Å². The van der Waals surface area contributed by atoms with Crippen molar-refractivity contribution < 1.29 is 31.4 Å². The molecule has 2 rings (SSSR count). The fourth-order valence-corrected chi connectivity index (χ4v) is 3.34. The van der Waals surface area contributed by atoms with Crippen LogP contribution in [0.3, 0.4) is 0 Å². The van der Waals surface area contributed by atoms with Crippen LogP contribution in [-0.2, 0) is 19.8 Å². The number of carbonyl (C=O) groups excluding carboxylic acids is 1. The van der Waals surface area contributed by atoms with Gasteiger partial charge in [-0.15, -0.1) is 3.89 Å². The molecule has 1 aromatic rings. The van der Waals surface area contributed by atoms with Gasteiger partial charge in [-0.05, 0) is 17.7 Å². The molecule has 22 heavy (non-hydrogen) atoms. The van der Waals surface area contributed by atoms with Crippen molar-refractivity contribution in [1.82, 2.24) is 4.90 Å². The van der Waals surface area contributed by atoms with Gasteiger partial charge in [0.2, 0.25) is 5.91 Å². The second-order valence-corrected chi connectivity index (χ2v) is 6.53. The lowest BCUT2D eigenvalue weighted by Crippen LogP contribution is -2.35. The van der Waals surface area contributed by atoms with Crippen LogP contribution >= 0.6 is 0 Å². The van der Waals surface area contributed by atoms with Crippen LogP contribution in [0.5, 0.6) is 0 Å². The molecule has 1 amide bonds. The number of rotatable bonds is 5. The summed E-state index contributed by atoms with van der Waals surface area (Å²) in [7, 11) is -4.75. The van der Waals surface area contributed by atoms with Gasteiger partial charge in [-0.25, -0.2) is 9.18 Å². The predicted octanol–water partition coefficient (Wildman–Crippen LogP) is 1.10. The van der Waals surface area contributed by atoms with Crippen molar-refractivity contribution in [2.24, 2.45) is 5.92 Å². The van der Waals surface area contributed by atoms with E-state index in [4.69, 9.17) is 0 Å². The Kier molecular flexibility index (Phi) is 4.45. The third kappa shape index (κ3) is 3.79. The van der Waals surface area contributed by atoms with Gasteiger partial charge in [-0.2, -0.15) is 8.42 Å². The number of hydrogen-bond donors (Lipinski definition) is 1. The average Bonchev–Trinajstić information content (AvgIpc) is 2.70. The minimum absolute atomic E-state index is 0.184. The molecule has 0 radical (unpaired) electrons. The van der Waals surface area contributed by atoms with Gasteiger partial charge >= 0.3 is 16.2 Å². The van der Waals surface area contributed by atoms with E-state index in [0.717, 1.165) is 17.0 Å². The monoisotopic (exact) mass is 333 g/mol. The smallest absolute Gasteiger partial charge is 0.331 e. The van der Waals surface area contributed by atoms with Gasteiger partial charge in [0.25, 0.3) is 0 Å². The highest BCUT2D eigenvalue weighted by Crippen LogP contribution is 2.30. The molecule has 0 aromatic heterocycles. The van der Waals surface area contributed by atoms with Crippen LogP contribution in [-0.4, -0.2) is 42.6 Å². The van der Waals surface area contributed by atoms with Crippen molar-refractivity contribution >= 4 is 22.1 Å². The Morgan fingerprint density at radius 2 is 1.95 bits per heavy atom. The van der Waals surface area contributed by atoms with Gasteiger partial charge < -0.3 is 10.0 Å². The topological polar surface area (TPSA) is 91.8 Å². The quantitative estimate of drug-likeness (QED) is 0.815. The van der Waals surface area contributed by atoms with Gasteiger partial charge in [-0.1, -0.05) is 12.1 Å². The van der Waals surface area contributed by atoms with Crippen molar-refractivity contribution in [2.75, 3.05) is 12.3 Å². The SMILES string of the molecule is O=C(O)[C@H](c1ccc(F)cc1)N1CC(CS(=O)(=O)F)CC1=O. The molecule has 2 atom stereocenters. The average molecular weight is 333 g/mol. The third-order valence-electron chi connectivity index (χ3n) is 3.40. The van der Waals surface area contributed by atoms with Crippen molar-refractivity contribution in [3.05, 3.63) is 35.6 Å². The Labute approximate surface area is 125 Å². The number of aliphatic carboxylic acids is 1. The lowest BCUT2D eigenvalue weighted by atomic mass is 10.1.